The molecule has 4 N–H and O–H groups in total. The molecule has 2 aliphatic carbocycles. The van der Waals surface area contributed by atoms with Gasteiger partial charge in [-0.25, -0.2) is 8.78 Å². The van der Waals surface area contributed by atoms with Crippen LogP contribution in [0.15, 0.2) is 72.8 Å². The van der Waals surface area contributed by atoms with Crippen LogP contribution in [0, 0.1) is 11.6 Å². The van der Waals surface area contributed by atoms with E-state index in [1.54, 1.807) is 34.9 Å². The fourth-order valence-corrected chi connectivity index (χ4v) is 10.8. The van der Waals surface area contributed by atoms with Crippen LogP contribution >= 0.6 is 0 Å². The summed E-state index contributed by atoms with van der Waals surface area (Å²) in [5.41, 5.74) is 0.976. The average Bonchev–Trinajstić information content (AvgIpc) is 4.26. The molecule has 2 atom stereocenters. The van der Waals surface area contributed by atoms with E-state index in [-0.39, 0.29) is 84.4 Å². The second kappa shape index (κ2) is 19.0. The van der Waals surface area contributed by atoms with Crippen LogP contribution in [0.5, 0.6) is 23.0 Å². The highest BCUT2D eigenvalue weighted by Gasteiger charge is 2.54. The molecule has 0 bridgehead atoms. The summed E-state index contributed by atoms with van der Waals surface area (Å²) in [6, 6.07) is 18.4. The minimum Gasteiger partial charge on any atom is -0.395 e. The average molecular weight is 1080 g/mol. The molecule has 77 heavy (non-hydrogen) atoms. The van der Waals surface area contributed by atoms with Gasteiger partial charge in [0.2, 0.25) is 0 Å². The van der Waals surface area contributed by atoms with Gasteiger partial charge < -0.3 is 58.0 Å². The number of aromatic nitrogens is 2. The second-order valence-electron chi connectivity index (χ2n) is 22.7. The first kappa shape index (κ1) is 54.2. The number of alkyl halides is 4. The zero-order valence-electron chi connectivity index (χ0n) is 43.3. The molecule has 11 rings (SSSR count). The first-order chi connectivity index (χ1) is 36.1. The Morgan fingerprint density at radius 2 is 1.06 bits per heavy atom. The normalized spacial score (nSPS) is 20.3. The van der Waals surface area contributed by atoms with E-state index < -0.39 is 64.4 Å². The van der Waals surface area contributed by atoms with Crippen LogP contribution in [0.1, 0.15) is 101 Å². The van der Waals surface area contributed by atoms with Crippen LogP contribution in [-0.2, 0) is 66.7 Å². The molecule has 20 heteroatoms. The topological polar surface area (TPSA) is 180 Å². The summed E-state index contributed by atoms with van der Waals surface area (Å²) in [5, 5.41) is 40.8. The maximum absolute atomic E-state index is 15.6. The number of rotatable bonds is 17. The summed E-state index contributed by atoms with van der Waals surface area (Å²) in [7, 11) is 0. The number of aliphatic hydroxyl groups excluding tert-OH is 4. The molecule has 5 aliphatic rings. The molecule has 6 aromatic rings. The largest absolute Gasteiger partial charge is 0.586 e. The number of carbonyl (C=O) groups excluding carboxylic acids is 2. The third-order valence-electron chi connectivity index (χ3n) is 15.6. The van der Waals surface area contributed by atoms with Crippen LogP contribution in [0.4, 0.5) is 26.3 Å². The molecular formula is C57H60F6N2O12. The van der Waals surface area contributed by atoms with Gasteiger partial charge in [-0.2, -0.15) is 0 Å². The van der Waals surface area contributed by atoms with Gasteiger partial charge in [0, 0.05) is 45.8 Å². The number of ether oxygens (including phenoxy) is 6. The molecule has 3 fully saturated rings. The second-order valence-corrected chi connectivity index (χ2v) is 22.7. The van der Waals surface area contributed by atoms with Crippen molar-refractivity contribution >= 4 is 33.4 Å². The Balaban J connectivity index is 0.000000175. The number of hydrogen-bond acceptors (Lipinski definition) is 12. The summed E-state index contributed by atoms with van der Waals surface area (Å²) in [5.74, 6) is -2.70. The van der Waals surface area contributed by atoms with Crippen LogP contribution in [0.3, 0.4) is 0 Å². The molecule has 0 unspecified atom stereocenters. The van der Waals surface area contributed by atoms with Crippen molar-refractivity contribution < 1.29 is 84.8 Å². The summed E-state index contributed by atoms with van der Waals surface area (Å²) in [6.07, 6.45) is -7.08. The van der Waals surface area contributed by atoms with Crippen LogP contribution in [0.25, 0.3) is 21.8 Å². The SMILES string of the molecule is CC(C)(CO)c1cc2cc(CC(=O)C3(c4ccc5c(c4)OC(F)(F)O5)CC3)c(F)cc2n1C[C@H](O)CO.CC1(C)OC[C@H](Cn2c(C(C)(C)CO)cc3cc(CC(=O)C4(c5ccc6c(c5)OC(F)(F)O6)CC4)c(F)cc32)O1. The van der Waals surface area contributed by atoms with Crippen LogP contribution in [0.2, 0.25) is 0 Å². The first-order valence-corrected chi connectivity index (χ1v) is 25.5. The van der Waals surface area contributed by atoms with E-state index in [2.05, 4.69) is 18.9 Å². The monoisotopic (exact) mass is 1080 g/mol. The number of halogens is 6. The van der Waals surface area contributed by atoms with Crippen molar-refractivity contribution in [2.75, 3.05) is 26.4 Å². The van der Waals surface area contributed by atoms with E-state index in [4.69, 9.17) is 9.47 Å². The fourth-order valence-electron chi connectivity index (χ4n) is 10.8. The Hall–Kier alpha value is -6.16. The number of ketones is 2. The minimum atomic E-state index is -3.76. The van der Waals surface area contributed by atoms with Gasteiger partial charge in [-0.05, 0) is 122 Å². The maximum Gasteiger partial charge on any atom is 0.586 e. The molecule has 0 amide bonds. The third-order valence-corrected chi connectivity index (χ3v) is 15.6. The van der Waals surface area contributed by atoms with Crippen molar-refractivity contribution in [2.24, 2.45) is 0 Å². The lowest BCUT2D eigenvalue weighted by Crippen LogP contribution is -2.29. The van der Waals surface area contributed by atoms with Crippen LogP contribution in [-0.4, -0.2) is 98.1 Å². The van der Waals surface area contributed by atoms with Gasteiger partial charge in [0.1, 0.15) is 29.3 Å². The van der Waals surface area contributed by atoms with Crippen molar-refractivity contribution in [2.45, 2.75) is 145 Å². The highest BCUT2D eigenvalue weighted by Crippen LogP contribution is 2.54. The Kier molecular flexibility index (Phi) is 13.4. The van der Waals surface area contributed by atoms with Crippen molar-refractivity contribution in [3.63, 3.8) is 0 Å². The molecule has 0 radical (unpaired) electrons. The quantitative estimate of drug-likeness (QED) is 0.0639. The Labute approximate surface area is 439 Å². The van der Waals surface area contributed by atoms with Crippen molar-refractivity contribution in [1.82, 2.24) is 9.13 Å². The maximum atomic E-state index is 15.6. The van der Waals surface area contributed by atoms with E-state index in [0.29, 0.717) is 72.1 Å². The van der Waals surface area contributed by atoms with Gasteiger partial charge in [-0.1, -0.05) is 39.8 Å². The van der Waals surface area contributed by atoms with Crippen molar-refractivity contribution in [3.05, 3.63) is 118 Å². The van der Waals surface area contributed by atoms with Crippen molar-refractivity contribution in [3.8, 4) is 23.0 Å². The number of fused-ring (bicyclic) bond motifs is 4. The molecule has 3 aliphatic heterocycles. The minimum absolute atomic E-state index is 0.00273. The van der Waals surface area contributed by atoms with Gasteiger partial charge >= 0.3 is 12.6 Å². The number of benzene rings is 4. The Morgan fingerprint density at radius 3 is 1.47 bits per heavy atom. The molecule has 14 nitrogen and oxygen atoms in total. The molecule has 4 aromatic carbocycles. The Morgan fingerprint density at radius 1 is 0.636 bits per heavy atom. The van der Waals surface area contributed by atoms with Gasteiger partial charge in [0.05, 0.1) is 67.5 Å². The summed E-state index contributed by atoms with van der Waals surface area (Å²) >= 11 is 0. The third kappa shape index (κ3) is 10.3. The van der Waals surface area contributed by atoms with E-state index in [1.165, 1.54) is 36.4 Å². The predicted octanol–water partition coefficient (Wildman–Crippen LogP) is 8.94. The van der Waals surface area contributed by atoms with E-state index >= 15 is 8.78 Å². The highest BCUT2D eigenvalue weighted by molar-refractivity contribution is 5.97. The molecule has 1 saturated heterocycles. The molecule has 412 valence electrons. The molecule has 5 heterocycles. The van der Waals surface area contributed by atoms with Gasteiger partial charge in [-0.15, -0.1) is 17.6 Å². The molecule has 2 saturated carbocycles. The van der Waals surface area contributed by atoms with E-state index in [1.807, 2.05) is 52.2 Å². The Bertz CT molecular complexity index is 3320. The highest BCUT2D eigenvalue weighted by atomic mass is 19.3. The lowest BCUT2D eigenvalue weighted by molar-refractivity contribution is -0.287. The summed E-state index contributed by atoms with van der Waals surface area (Å²) in [6.45, 7) is 11.1. The van der Waals surface area contributed by atoms with Crippen molar-refractivity contribution in [1.29, 1.82) is 0 Å². The van der Waals surface area contributed by atoms with Gasteiger partial charge in [0.25, 0.3) is 0 Å². The lowest BCUT2D eigenvalue weighted by Gasteiger charge is -2.26. The number of aliphatic hydroxyl groups is 4. The number of Topliss-reactive ketones (excluding diaryl/α,β-unsaturated/α-hetero) is 2. The van der Waals surface area contributed by atoms with E-state index in [0.717, 1.165) is 11.1 Å². The first-order valence-electron chi connectivity index (χ1n) is 25.5. The predicted molar refractivity (Wildman–Crippen MR) is 267 cm³/mol. The lowest BCUT2D eigenvalue weighted by atomic mass is 9.87. The number of hydrogen-bond donors (Lipinski definition) is 4. The molecule has 0 spiro atoms. The number of carbonyl (C=O) groups is 2. The van der Waals surface area contributed by atoms with Gasteiger partial charge in [0.15, 0.2) is 28.8 Å². The fraction of sp³-hybridized carbons (Fsp3) is 0.474. The van der Waals surface area contributed by atoms with E-state index in [9.17, 15) is 47.6 Å². The zero-order valence-corrected chi connectivity index (χ0v) is 43.3. The zero-order chi connectivity index (χ0) is 55.4. The molecule has 2 aromatic heterocycles. The number of nitrogens with zero attached hydrogens (tertiary/aromatic N) is 2. The van der Waals surface area contributed by atoms with Crippen LogP contribution < -0.4 is 18.9 Å². The van der Waals surface area contributed by atoms with Gasteiger partial charge in [-0.3, -0.25) is 9.59 Å². The summed E-state index contributed by atoms with van der Waals surface area (Å²) < 4.78 is 118. The standard InChI is InChI=1S/C30H32F3NO6.C27H28F3NO6/c1-27(2,16-35)25-10-18-9-17(21(31)13-22(18)34(25)14-20-15-37-28(3,4)38-20)11-26(36)29(7-8-29)19-5-6-23-24(12-19)40-30(32,33)39-23;1-25(2,14-33)23-8-16-7-15(19(28)11-20(16)31(23)12-18(34)13-32)9-24(35)26(5-6-26)17-3-4-21-22(10-17)37-27(29,30)36-21/h5-6,9-10,12-13,20,35H,7-8,11,14-16H2,1-4H3;3-4,7-8,10-11,18,32-34H,5-6,9,12-14H2,1-2H3/t20-;18-/m00/s1. The smallest absolute Gasteiger partial charge is 0.395 e. The molecular weight excluding hydrogens is 1020 g/mol. The summed E-state index contributed by atoms with van der Waals surface area (Å²) in [4.78, 5) is 26.9.